The molecule has 1 heterocycles. The molecule has 0 radical (unpaired) electrons. The number of benzene rings is 1. The molecule has 20 heavy (non-hydrogen) atoms. The van der Waals surface area contributed by atoms with E-state index in [1.165, 1.54) is 5.56 Å². The van der Waals surface area contributed by atoms with Crippen molar-refractivity contribution in [1.82, 2.24) is 5.32 Å². The Hall–Kier alpha value is -1.35. The number of carbonyl (C=O) groups is 1. The zero-order chi connectivity index (χ0) is 14.6. The third kappa shape index (κ3) is 3.40. The number of anilines is 1. The van der Waals surface area contributed by atoms with Crippen molar-refractivity contribution >= 4 is 11.6 Å². The van der Waals surface area contributed by atoms with Crippen LogP contribution in [0.3, 0.4) is 0 Å². The fourth-order valence-electron chi connectivity index (χ4n) is 2.77. The number of rotatable bonds is 4. The first-order chi connectivity index (χ1) is 9.54. The van der Waals surface area contributed by atoms with Gasteiger partial charge in [-0.15, -0.1) is 0 Å². The molecule has 1 aliphatic rings. The van der Waals surface area contributed by atoms with Crippen LogP contribution in [-0.2, 0) is 11.2 Å². The van der Waals surface area contributed by atoms with Crippen molar-refractivity contribution in [3.63, 3.8) is 0 Å². The van der Waals surface area contributed by atoms with E-state index in [9.17, 15) is 4.79 Å². The highest BCUT2D eigenvalue weighted by atomic mass is 16.2. The molecule has 3 heteroatoms. The van der Waals surface area contributed by atoms with Crippen molar-refractivity contribution in [2.45, 2.75) is 40.0 Å². The molecule has 2 rings (SSSR count). The van der Waals surface area contributed by atoms with E-state index in [4.69, 9.17) is 0 Å². The summed E-state index contributed by atoms with van der Waals surface area (Å²) in [6.45, 7) is 8.26. The zero-order valence-corrected chi connectivity index (χ0v) is 12.8. The van der Waals surface area contributed by atoms with Gasteiger partial charge < -0.3 is 10.6 Å². The number of carbonyl (C=O) groups excluding carboxylic acids is 1. The Morgan fingerprint density at radius 3 is 2.60 bits per heavy atom. The fourth-order valence-corrected chi connectivity index (χ4v) is 2.77. The maximum Gasteiger partial charge on any atom is 0.230 e. The van der Waals surface area contributed by atoms with E-state index in [0.29, 0.717) is 5.92 Å². The van der Waals surface area contributed by atoms with Gasteiger partial charge in [0.2, 0.25) is 5.91 Å². The van der Waals surface area contributed by atoms with Crippen LogP contribution in [0.4, 0.5) is 5.69 Å². The van der Waals surface area contributed by atoms with Crippen molar-refractivity contribution in [1.29, 1.82) is 0 Å². The molecular weight excluding hydrogens is 248 g/mol. The van der Waals surface area contributed by atoms with Gasteiger partial charge in [-0.25, -0.2) is 0 Å². The molecule has 3 nitrogen and oxygen atoms in total. The van der Waals surface area contributed by atoms with E-state index in [2.05, 4.69) is 43.5 Å². The van der Waals surface area contributed by atoms with Crippen LogP contribution in [0, 0.1) is 11.3 Å². The first kappa shape index (κ1) is 15.0. The Labute approximate surface area is 122 Å². The van der Waals surface area contributed by atoms with Crippen LogP contribution in [0.25, 0.3) is 0 Å². The fraction of sp³-hybridized carbons (Fsp3) is 0.588. The van der Waals surface area contributed by atoms with Gasteiger partial charge in [0, 0.05) is 11.1 Å². The number of piperidine rings is 1. The largest absolute Gasteiger partial charge is 0.326 e. The van der Waals surface area contributed by atoms with Gasteiger partial charge in [-0.3, -0.25) is 4.79 Å². The van der Waals surface area contributed by atoms with E-state index >= 15 is 0 Å². The Balaban J connectivity index is 2.01. The van der Waals surface area contributed by atoms with Crippen LogP contribution in [-0.4, -0.2) is 19.0 Å². The lowest BCUT2D eigenvalue weighted by atomic mass is 9.74. The number of hydrogen-bond acceptors (Lipinski definition) is 2. The second-order valence-corrected chi connectivity index (χ2v) is 6.27. The number of nitrogens with one attached hydrogen (secondary N) is 2. The summed E-state index contributed by atoms with van der Waals surface area (Å²) in [5.74, 6) is 0.529. The van der Waals surface area contributed by atoms with Crippen LogP contribution in [0.15, 0.2) is 24.3 Å². The van der Waals surface area contributed by atoms with Gasteiger partial charge in [0.05, 0.1) is 0 Å². The van der Waals surface area contributed by atoms with Crippen LogP contribution in [0.1, 0.15) is 39.2 Å². The number of aryl methyl sites for hydroxylation is 1. The molecule has 1 aromatic carbocycles. The number of amides is 1. The molecule has 2 N–H and O–H groups in total. The van der Waals surface area contributed by atoms with Gasteiger partial charge in [-0.2, -0.15) is 0 Å². The van der Waals surface area contributed by atoms with Gasteiger partial charge in [-0.1, -0.05) is 32.9 Å². The maximum atomic E-state index is 12.5. The van der Waals surface area contributed by atoms with Crippen molar-refractivity contribution in [2.24, 2.45) is 11.3 Å². The lowest BCUT2D eigenvalue weighted by molar-refractivity contribution is -0.127. The second-order valence-electron chi connectivity index (χ2n) is 6.27. The molecule has 0 aliphatic carbocycles. The summed E-state index contributed by atoms with van der Waals surface area (Å²) in [6, 6.07) is 8.13. The molecule has 1 amide bonds. The zero-order valence-electron chi connectivity index (χ0n) is 12.8. The highest BCUT2D eigenvalue weighted by Crippen LogP contribution is 2.33. The standard InChI is InChI=1S/C17H26N2O/c1-4-13-7-9-15(10-8-13)19-16(20)17(2,3)14-6-5-11-18-12-14/h7-10,14,18H,4-6,11-12H2,1-3H3,(H,19,20). The minimum Gasteiger partial charge on any atom is -0.326 e. The lowest BCUT2D eigenvalue weighted by Crippen LogP contribution is -2.44. The molecule has 0 aromatic heterocycles. The van der Waals surface area contributed by atoms with Crippen LogP contribution in [0.5, 0.6) is 0 Å². The Kier molecular flexibility index (Phi) is 4.81. The summed E-state index contributed by atoms with van der Waals surface area (Å²) in [4.78, 5) is 12.5. The van der Waals surface area contributed by atoms with Gasteiger partial charge >= 0.3 is 0 Å². The lowest BCUT2D eigenvalue weighted by Gasteiger charge is -2.36. The molecule has 1 saturated heterocycles. The second kappa shape index (κ2) is 6.40. The molecule has 1 atom stereocenters. The van der Waals surface area contributed by atoms with Gasteiger partial charge in [-0.05, 0) is 56.0 Å². The first-order valence-electron chi connectivity index (χ1n) is 7.65. The van der Waals surface area contributed by atoms with Crippen molar-refractivity contribution < 1.29 is 4.79 Å². The topological polar surface area (TPSA) is 41.1 Å². The molecular formula is C17H26N2O. The SMILES string of the molecule is CCc1ccc(NC(=O)C(C)(C)C2CCCNC2)cc1. The Morgan fingerprint density at radius 1 is 1.35 bits per heavy atom. The molecule has 1 unspecified atom stereocenters. The minimum atomic E-state index is -0.336. The minimum absolute atomic E-state index is 0.121. The molecule has 0 spiro atoms. The quantitative estimate of drug-likeness (QED) is 0.885. The average molecular weight is 274 g/mol. The third-order valence-electron chi connectivity index (χ3n) is 4.52. The molecule has 0 bridgehead atoms. The van der Waals surface area contributed by atoms with E-state index in [0.717, 1.165) is 38.0 Å². The monoisotopic (exact) mass is 274 g/mol. The summed E-state index contributed by atoms with van der Waals surface area (Å²) >= 11 is 0. The van der Waals surface area contributed by atoms with Gasteiger partial charge in [0.25, 0.3) is 0 Å². The summed E-state index contributed by atoms with van der Waals surface area (Å²) in [5, 5.41) is 6.46. The molecule has 110 valence electrons. The van der Waals surface area contributed by atoms with E-state index in [-0.39, 0.29) is 11.3 Å². The predicted molar refractivity (Wildman–Crippen MR) is 83.8 cm³/mol. The number of hydrogen-bond donors (Lipinski definition) is 2. The van der Waals surface area contributed by atoms with Crippen LogP contribution in [0.2, 0.25) is 0 Å². The summed E-state index contributed by atoms with van der Waals surface area (Å²) in [6.07, 6.45) is 3.31. The average Bonchev–Trinajstić information content (AvgIpc) is 2.49. The summed E-state index contributed by atoms with van der Waals surface area (Å²) in [7, 11) is 0. The van der Waals surface area contributed by atoms with Crippen molar-refractivity contribution in [3.8, 4) is 0 Å². The smallest absolute Gasteiger partial charge is 0.230 e. The van der Waals surface area contributed by atoms with E-state index in [1.807, 2.05) is 12.1 Å². The Morgan fingerprint density at radius 2 is 2.05 bits per heavy atom. The third-order valence-corrected chi connectivity index (χ3v) is 4.52. The van der Waals surface area contributed by atoms with Crippen molar-refractivity contribution in [2.75, 3.05) is 18.4 Å². The summed E-state index contributed by atoms with van der Waals surface area (Å²) in [5.41, 5.74) is 1.85. The highest BCUT2D eigenvalue weighted by molar-refractivity contribution is 5.95. The molecule has 1 aromatic rings. The Bertz CT molecular complexity index is 445. The normalized spacial score (nSPS) is 19.6. The van der Waals surface area contributed by atoms with Crippen LogP contribution < -0.4 is 10.6 Å². The van der Waals surface area contributed by atoms with E-state index < -0.39 is 0 Å². The van der Waals surface area contributed by atoms with E-state index in [1.54, 1.807) is 0 Å². The summed E-state index contributed by atoms with van der Waals surface area (Å²) < 4.78 is 0. The highest BCUT2D eigenvalue weighted by Gasteiger charge is 2.37. The predicted octanol–water partition coefficient (Wildman–Crippen LogP) is 3.21. The maximum absolute atomic E-state index is 12.5. The first-order valence-corrected chi connectivity index (χ1v) is 7.65. The molecule has 1 aliphatic heterocycles. The van der Waals surface area contributed by atoms with Crippen molar-refractivity contribution in [3.05, 3.63) is 29.8 Å². The van der Waals surface area contributed by atoms with Crippen LogP contribution >= 0.6 is 0 Å². The molecule has 0 saturated carbocycles. The van der Waals surface area contributed by atoms with Gasteiger partial charge in [0.1, 0.15) is 0 Å². The molecule has 1 fully saturated rings. The van der Waals surface area contributed by atoms with Gasteiger partial charge in [0.15, 0.2) is 0 Å².